The van der Waals surface area contributed by atoms with E-state index in [-0.39, 0.29) is 5.41 Å². The summed E-state index contributed by atoms with van der Waals surface area (Å²) in [6.45, 7) is 14.1. The average Bonchev–Trinajstić information content (AvgIpc) is 3.43. The molecule has 0 fully saturated rings. The summed E-state index contributed by atoms with van der Waals surface area (Å²) >= 11 is 0. The zero-order valence-electron chi connectivity index (χ0n) is 27.2. The second kappa shape index (κ2) is 15.6. The van der Waals surface area contributed by atoms with E-state index in [0.29, 0.717) is 0 Å². The standard InChI is InChI=1S/C39H50N2O2/c1-7-10-11-18-38-40-37(31-19-23-34(24-20-31)42-27-13-15-30(9-3)14-8-2)29-41(38)33-21-25-35(26-22-33)43-36-17-12-16-32(28-36)39(4,5)6/h12,14,16-17,19-26,28-29H,7-11,13,15,18,27H2,1-6H3/b30-14+. The largest absolute Gasteiger partial charge is 0.494 e. The van der Waals surface area contributed by atoms with Crippen LogP contribution in [0.4, 0.5) is 0 Å². The van der Waals surface area contributed by atoms with E-state index in [2.05, 4.69) is 113 Å². The Balaban J connectivity index is 1.46. The van der Waals surface area contributed by atoms with Crippen LogP contribution in [-0.2, 0) is 11.8 Å². The van der Waals surface area contributed by atoms with Crippen molar-refractivity contribution in [3.63, 3.8) is 0 Å². The molecule has 3 aromatic carbocycles. The maximum atomic E-state index is 6.22. The summed E-state index contributed by atoms with van der Waals surface area (Å²) in [5.74, 6) is 3.68. The first-order valence-corrected chi connectivity index (χ1v) is 16.2. The molecule has 0 radical (unpaired) electrons. The van der Waals surface area contributed by atoms with Crippen LogP contribution in [0.1, 0.15) is 97.9 Å². The van der Waals surface area contributed by atoms with Crippen molar-refractivity contribution in [3.8, 4) is 34.2 Å². The molecule has 0 saturated heterocycles. The maximum Gasteiger partial charge on any atom is 0.127 e. The quantitative estimate of drug-likeness (QED) is 0.104. The zero-order valence-corrected chi connectivity index (χ0v) is 27.2. The highest BCUT2D eigenvalue weighted by Crippen LogP contribution is 2.30. The van der Waals surface area contributed by atoms with Gasteiger partial charge in [0, 0.05) is 23.9 Å². The van der Waals surface area contributed by atoms with Crippen molar-refractivity contribution < 1.29 is 9.47 Å². The van der Waals surface area contributed by atoms with Crippen molar-refractivity contribution in [1.29, 1.82) is 0 Å². The van der Waals surface area contributed by atoms with Crippen LogP contribution in [-0.4, -0.2) is 16.2 Å². The molecule has 0 saturated carbocycles. The molecule has 1 heterocycles. The molecule has 0 aliphatic rings. The van der Waals surface area contributed by atoms with E-state index in [9.17, 15) is 0 Å². The molecular weight excluding hydrogens is 528 g/mol. The van der Waals surface area contributed by atoms with Crippen molar-refractivity contribution in [3.05, 3.63) is 102 Å². The van der Waals surface area contributed by atoms with Crippen LogP contribution >= 0.6 is 0 Å². The molecule has 0 N–H and O–H groups in total. The van der Waals surface area contributed by atoms with Gasteiger partial charge in [0.15, 0.2) is 0 Å². The smallest absolute Gasteiger partial charge is 0.127 e. The van der Waals surface area contributed by atoms with Crippen LogP contribution in [0, 0.1) is 0 Å². The fourth-order valence-corrected chi connectivity index (χ4v) is 5.25. The summed E-state index contributed by atoms with van der Waals surface area (Å²) in [6, 6.07) is 25.1. The van der Waals surface area contributed by atoms with E-state index in [1.54, 1.807) is 0 Å². The molecule has 0 atom stereocenters. The Bertz CT molecular complexity index is 1440. The predicted octanol–water partition coefficient (Wildman–Crippen LogP) is 11.3. The first-order valence-electron chi connectivity index (χ1n) is 16.2. The van der Waals surface area contributed by atoms with Gasteiger partial charge in [-0.2, -0.15) is 0 Å². The van der Waals surface area contributed by atoms with Gasteiger partial charge in [0.05, 0.1) is 12.3 Å². The molecule has 0 aliphatic carbocycles. The van der Waals surface area contributed by atoms with Gasteiger partial charge in [-0.15, -0.1) is 0 Å². The third-order valence-corrected chi connectivity index (χ3v) is 7.84. The average molecular weight is 579 g/mol. The fourth-order valence-electron chi connectivity index (χ4n) is 5.25. The van der Waals surface area contributed by atoms with E-state index in [1.165, 1.54) is 24.0 Å². The van der Waals surface area contributed by atoms with Gasteiger partial charge in [-0.1, -0.05) is 78.2 Å². The highest BCUT2D eigenvalue weighted by Gasteiger charge is 2.15. The summed E-state index contributed by atoms with van der Waals surface area (Å²) in [7, 11) is 0. The Labute approximate surface area is 259 Å². The van der Waals surface area contributed by atoms with Crippen LogP contribution < -0.4 is 9.47 Å². The highest BCUT2D eigenvalue weighted by molar-refractivity contribution is 5.61. The summed E-state index contributed by atoms with van der Waals surface area (Å²) in [4.78, 5) is 5.09. The third kappa shape index (κ3) is 9.35. The predicted molar refractivity (Wildman–Crippen MR) is 181 cm³/mol. The van der Waals surface area contributed by atoms with Crippen LogP contribution in [0.25, 0.3) is 16.9 Å². The Morgan fingerprint density at radius 2 is 1.58 bits per heavy atom. The monoisotopic (exact) mass is 578 g/mol. The van der Waals surface area contributed by atoms with Gasteiger partial charge >= 0.3 is 0 Å². The van der Waals surface area contributed by atoms with Gasteiger partial charge in [-0.3, -0.25) is 0 Å². The van der Waals surface area contributed by atoms with E-state index < -0.39 is 0 Å². The third-order valence-electron chi connectivity index (χ3n) is 7.84. The van der Waals surface area contributed by atoms with Gasteiger partial charge in [0.2, 0.25) is 0 Å². The molecule has 0 spiro atoms. The molecule has 4 nitrogen and oxygen atoms in total. The molecule has 0 bridgehead atoms. The van der Waals surface area contributed by atoms with Gasteiger partial charge in [-0.05, 0) is 104 Å². The lowest BCUT2D eigenvalue weighted by Gasteiger charge is -2.19. The minimum absolute atomic E-state index is 0.0778. The van der Waals surface area contributed by atoms with E-state index >= 15 is 0 Å². The first-order chi connectivity index (χ1) is 20.8. The Kier molecular flexibility index (Phi) is 11.7. The SMILES string of the molecule is CC/C=C(\CC)CCCOc1ccc(-c2cn(-c3ccc(Oc4cccc(C(C)(C)C)c4)cc3)c(CCCCC)n2)cc1. The van der Waals surface area contributed by atoms with Crippen molar-refractivity contribution in [1.82, 2.24) is 9.55 Å². The van der Waals surface area contributed by atoms with E-state index in [0.717, 1.165) is 85.1 Å². The summed E-state index contributed by atoms with van der Waals surface area (Å²) < 4.78 is 14.5. The Hall–Kier alpha value is -3.79. The lowest BCUT2D eigenvalue weighted by Crippen LogP contribution is -2.10. The summed E-state index contributed by atoms with van der Waals surface area (Å²) in [5, 5.41) is 0. The number of hydrogen-bond acceptors (Lipinski definition) is 3. The molecule has 0 unspecified atom stereocenters. The number of nitrogens with zero attached hydrogens (tertiary/aromatic N) is 2. The van der Waals surface area contributed by atoms with Gasteiger partial charge in [0.25, 0.3) is 0 Å². The van der Waals surface area contributed by atoms with Crippen LogP contribution in [0.5, 0.6) is 17.2 Å². The summed E-state index contributed by atoms with van der Waals surface area (Å²) in [5.41, 5.74) is 6.03. The van der Waals surface area contributed by atoms with E-state index in [4.69, 9.17) is 14.5 Å². The van der Waals surface area contributed by atoms with Crippen molar-refractivity contribution >= 4 is 0 Å². The highest BCUT2D eigenvalue weighted by atomic mass is 16.5. The lowest BCUT2D eigenvalue weighted by molar-refractivity contribution is 0.310. The number of imidazole rings is 1. The fraction of sp³-hybridized carbons (Fsp3) is 0.410. The maximum absolute atomic E-state index is 6.22. The molecule has 43 heavy (non-hydrogen) atoms. The molecule has 4 heteroatoms. The Morgan fingerprint density at radius 3 is 2.26 bits per heavy atom. The lowest BCUT2D eigenvalue weighted by atomic mass is 9.87. The number of unbranched alkanes of at least 4 members (excludes halogenated alkanes) is 2. The number of ether oxygens (including phenoxy) is 2. The number of allylic oxidation sites excluding steroid dienone is 2. The normalized spacial score (nSPS) is 12.0. The second-order valence-corrected chi connectivity index (χ2v) is 12.3. The first kappa shape index (κ1) is 32.1. The number of aryl methyl sites for hydroxylation is 1. The van der Waals surface area contributed by atoms with E-state index in [1.807, 2.05) is 18.2 Å². The molecule has 4 rings (SSSR count). The van der Waals surface area contributed by atoms with Crippen LogP contribution in [0.2, 0.25) is 0 Å². The number of rotatable bonds is 15. The van der Waals surface area contributed by atoms with Crippen molar-refractivity contribution in [2.45, 2.75) is 98.3 Å². The Morgan fingerprint density at radius 1 is 0.837 bits per heavy atom. The minimum Gasteiger partial charge on any atom is -0.494 e. The zero-order chi connectivity index (χ0) is 30.7. The molecular formula is C39H50N2O2. The molecule has 0 amide bonds. The molecule has 228 valence electrons. The molecule has 1 aromatic heterocycles. The molecule has 0 aliphatic heterocycles. The molecule has 4 aromatic rings. The summed E-state index contributed by atoms with van der Waals surface area (Å²) in [6.07, 6.45) is 13.3. The van der Waals surface area contributed by atoms with Crippen molar-refractivity contribution in [2.75, 3.05) is 6.61 Å². The number of benzene rings is 3. The topological polar surface area (TPSA) is 36.3 Å². The van der Waals surface area contributed by atoms with Gasteiger partial charge in [-0.25, -0.2) is 4.98 Å². The van der Waals surface area contributed by atoms with Gasteiger partial charge in [0.1, 0.15) is 23.1 Å². The van der Waals surface area contributed by atoms with Crippen LogP contribution in [0.15, 0.2) is 90.6 Å². The minimum atomic E-state index is 0.0778. The van der Waals surface area contributed by atoms with Crippen LogP contribution in [0.3, 0.4) is 0 Å². The van der Waals surface area contributed by atoms with Crippen molar-refractivity contribution in [2.24, 2.45) is 0 Å². The second-order valence-electron chi connectivity index (χ2n) is 12.3. The van der Waals surface area contributed by atoms with Gasteiger partial charge < -0.3 is 14.0 Å². The number of hydrogen-bond donors (Lipinski definition) is 0. The number of aromatic nitrogens is 2.